The minimum atomic E-state index is -0.301. The van der Waals surface area contributed by atoms with E-state index in [1.807, 2.05) is 20.8 Å². The number of aliphatic hydroxyl groups excluding tert-OH is 2. The number of nitrogens with one attached hydrogen (secondary N) is 2. The zero-order valence-corrected chi connectivity index (χ0v) is 26.9. The Labute approximate surface area is 246 Å². The normalized spacial score (nSPS) is 9.90. The zero-order valence-electron chi connectivity index (χ0n) is 26.9. The Morgan fingerprint density at radius 2 is 1.18 bits per heavy atom. The van der Waals surface area contributed by atoms with Crippen LogP contribution in [0.2, 0.25) is 0 Å². The minimum absolute atomic E-state index is 0.0179. The number of ether oxygens (including phenoxy) is 1. The molecular formula is C31H66N2O7. The van der Waals surface area contributed by atoms with E-state index in [-0.39, 0.29) is 11.9 Å². The van der Waals surface area contributed by atoms with Crippen molar-refractivity contribution >= 4 is 24.9 Å². The van der Waals surface area contributed by atoms with Gasteiger partial charge < -0.3 is 35.2 Å². The number of hydrogen-bond donors (Lipinski definition) is 4. The Bertz CT molecular complexity index is 467. The van der Waals surface area contributed by atoms with Crippen molar-refractivity contribution in [3.63, 3.8) is 0 Å². The van der Waals surface area contributed by atoms with Crippen LogP contribution in [0.15, 0.2) is 0 Å². The van der Waals surface area contributed by atoms with E-state index < -0.39 is 0 Å². The lowest BCUT2D eigenvalue weighted by Gasteiger charge is -2.11. The van der Waals surface area contributed by atoms with Gasteiger partial charge in [0.1, 0.15) is 12.6 Å². The summed E-state index contributed by atoms with van der Waals surface area (Å²) in [4.78, 5) is 42.3. The van der Waals surface area contributed by atoms with Crippen molar-refractivity contribution in [1.29, 1.82) is 0 Å². The largest absolute Gasteiger partial charge is 0.400 e. The average Bonchev–Trinajstić information content (AvgIpc) is 3.00. The third-order valence-electron chi connectivity index (χ3n) is 5.62. The van der Waals surface area contributed by atoms with E-state index in [1.165, 1.54) is 70.6 Å². The van der Waals surface area contributed by atoms with Gasteiger partial charge in [-0.15, -0.1) is 0 Å². The van der Waals surface area contributed by atoms with Crippen LogP contribution < -0.4 is 10.6 Å². The number of aliphatic hydroxyl groups is 2. The fraction of sp³-hybridized carbons (Fsp3) is 0.871. The van der Waals surface area contributed by atoms with Gasteiger partial charge in [-0.05, 0) is 19.3 Å². The van der Waals surface area contributed by atoms with Crippen molar-refractivity contribution in [2.75, 3.05) is 34.5 Å². The third-order valence-corrected chi connectivity index (χ3v) is 5.62. The summed E-state index contributed by atoms with van der Waals surface area (Å²) in [6.45, 7) is 7.20. The van der Waals surface area contributed by atoms with Crippen LogP contribution in [-0.4, -0.2) is 75.6 Å². The number of amides is 2. The fourth-order valence-corrected chi connectivity index (χ4v) is 3.62. The van der Waals surface area contributed by atoms with E-state index in [2.05, 4.69) is 15.4 Å². The second-order valence-electron chi connectivity index (χ2n) is 8.82. The van der Waals surface area contributed by atoms with Crippen LogP contribution in [0.3, 0.4) is 0 Å². The summed E-state index contributed by atoms with van der Waals surface area (Å²) in [5.74, 6) is 0.0179. The first-order chi connectivity index (χ1) is 19.7. The number of aldehydes is 2. The molecule has 9 nitrogen and oxygen atoms in total. The highest BCUT2D eigenvalue weighted by molar-refractivity contribution is 5.79. The van der Waals surface area contributed by atoms with Crippen LogP contribution in [-0.2, 0) is 23.9 Å². The molecular weight excluding hydrogens is 512 g/mol. The molecule has 0 fully saturated rings. The van der Waals surface area contributed by atoms with E-state index in [0.717, 1.165) is 65.3 Å². The van der Waals surface area contributed by atoms with Crippen LogP contribution in [0.25, 0.3) is 0 Å². The molecule has 0 rings (SSSR count). The first-order valence-corrected chi connectivity index (χ1v) is 15.4. The molecule has 2 amide bonds. The molecule has 0 saturated carbocycles. The highest BCUT2D eigenvalue weighted by atomic mass is 16.5. The summed E-state index contributed by atoms with van der Waals surface area (Å²) in [5, 5.41) is 19.2. The Balaban J connectivity index is -0.000000264. The highest BCUT2D eigenvalue weighted by Crippen LogP contribution is 2.13. The topological polar surface area (TPSA) is 142 Å². The van der Waals surface area contributed by atoms with Crippen molar-refractivity contribution in [3.05, 3.63) is 0 Å². The molecule has 9 heteroatoms. The smallest absolute Gasteiger partial charge is 0.220 e. The van der Waals surface area contributed by atoms with E-state index in [1.54, 1.807) is 7.11 Å². The van der Waals surface area contributed by atoms with Crippen LogP contribution in [0.5, 0.6) is 0 Å². The number of hydrogen-bond acceptors (Lipinski definition) is 7. The van der Waals surface area contributed by atoms with E-state index in [9.17, 15) is 19.2 Å². The number of methoxy groups -OCH3 is 1. The van der Waals surface area contributed by atoms with Crippen LogP contribution in [0.4, 0.5) is 0 Å². The van der Waals surface area contributed by atoms with Crippen LogP contribution >= 0.6 is 0 Å². The average molecular weight is 579 g/mol. The van der Waals surface area contributed by atoms with Crippen molar-refractivity contribution in [3.8, 4) is 0 Å². The number of rotatable bonds is 25. The third kappa shape index (κ3) is 52.6. The zero-order chi connectivity index (χ0) is 31.5. The maximum Gasteiger partial charge on any atom is 0.220 e. The lowest BCUT2D eigenvalue weighted by atomic mass is 10.0. The molecule has 0 aromatic carbocycles. The van der Waals surface area contributed by atoms with Gasteiger partial charge in [0.2, 0.25) is 12.3 Å². The Morgan fingerprint density at radius 3 is 1.52 bits per heavy atom. The quantitative estimate of drug-likeness (QED) is 0.0824. The first kappa shape index (κ1) is 47.9. The molecule has 0 aromatic rings. The number of unbranched alkanes of at least 4 members (excludes halogenated alkanes) is 14. The van der Waals surface area contributed by atoms with Gasteiger partial charge in [0.25, 0.3) is 0 Å². The minimum Gasteiger partial charge on any atom is -0.400 e. The maximum absolute atomic E-state index is 11.8. The number of carbonyl (C=O) groups is 4. The molecule has 0 aliphatic rings. The molecule has 0 spiro atoms. The molecule has 0 aliphatic carbocycles. The fourth-order valence-electron chi connectivity index (χ4n) is 3.62. The van der Waals surface area contributed by atoms with E-state index >= 15 is 0 Å². The summed E-state index contributed by atoms with van der Waals surface area (Å²) in [6, 6.07) is -0.301. The Hall–Kier alpha value is -1.84. The SMILES string of the molecule is CC.CCCC(C=O)NC(=O)CCCCCCCCCCCCCCCCC=O.CO.CO.COCCNC=O. The first-order valence-electron chi connectivity index (χ1n) is 15.4. The number of carbonyl (C=O) groups excluding carboxylic acids is 4. The van der Waals surface area contributed by atoms with Crippen molar-refractivity contribution in [2.24, 2.45) is 0 Å². The molecule has 0 aliphatic heterocycles. The molecule has 242 valence electrons. The monoisotopic (exact) mass is 578 g/mol. The van der Waals surface area contributed by atoms with Gasteiger partial charge in [-0.3, -0.25) is 9.59 Å². The molecule has 0 bridgehead atoms. The summed E-state index contributed by atoms with van der Waals surface area (Å²) in [5.41, 5.74) is 0. The van der Waals surface area contributed by atoms with Gasteiger partial charge >= 0.3 is 0 Å². The lowest BCUT2D eigenvalue weighted by Crippen LogP contribution is -2.35. The molecule has 40 heavy (non-hydrogen) atoms. The van der Waals surface area contributed by atoms with Gasteiger partial charge in [0.15, 0.2) is 0 Å². The molecule has 1 unspecified atom stereocenters. The second kappa shape index (κ2) is 53.4. The van der Waals surface area contributed by atoms with Crippen molar-refractivity contribution in [2.45, 2.75) is 142 Å². The summed E-state index contributed by atoms with van der Waals surface area (Å²) < 4.78 is 4.62. The molecule has 4 N–H and O–H groups in total. The predicted molar refractivity (Wildman–Crippen MR) is 166 cm³/mol. The molecule has 1 atom stereocenters. The maximum atomic E-state index is 11.8. The van der Waals surface area contributed by atoms with Crippen LogP contribution in [0, 0.1) is 0 Å². The molecule has 0 aromatic heterocycles. The predicted octanol–water partition coefficient (Wildman–Crippen LogP) is 5.53. The van der Waals surface area contributed by atoms with Crippen molar-refractivity contribution in [1.82, 2.24) is 10.6 Å². The Morgan fingerprint density at radius 1 is 0.750 bits per heavy atom. The molecule has 0 heterocycles. The van der Waals surface area contributed by atoms with Crippen LogP contribution in [0.1, 0.15) is 136 Å². The summed E-state index contributed by atoms with van der Waals surface area (Å²) in [6.07, 6.45) is 22.8. The summed E-state index contributed by atoms with van der Waals surface area (Å²) in [7, 11) is 3.59. The molecule has 0 saturated heterocycles. The molecule has 0 radical (unpaired) electrons. The van der Waals surface area contributed by atoms with E-state index in [0.29, 0.717) is 26.0 Å². The van der Waals surface area contributed by atoms with Gasteiger partial charge in [0, 0.05) is 40.7 Å². The van der Waals surface area contributed by atoms with E-state index in [4.69, 9.17) is 10.2 Å². The van der Waals surface area contributed by atoms with Crippen molar-refractivity contribution < 1.29 is 34.1 Å². The summed E-state index contributed by atoms with van der Waals surface area (Å²) >= 11 is 0. The van der Waals surface area contributed by atoms with Gasteiger partial charge in [0.05, 0.1) is 12.6 Å². The standard InChI is InChI=1S/C23H43NO3.C4H9NO2.C2H6.2CH4O/c1-2-18-22(21-26)24-23(27)19-16-14-12-10-8-6-4-3-5-7-9-11-13-15-17-20-25;1-7-3-2-5-4-6;3*1-2/h20-22H,2-19H2,1H3,(H,24,27);4H,2-3H2,1H3,(H,5,6);1-2H3;2*2H,1H3. The highest BCUT2D eigenvalue weighted by Gasteiger charge is 2.09. The second-order valence-corrected chi connectivity index (χ2v) is 8.82. The van der Waals surface area contributed by atoms with Gasteiger partial charge in [-0.2, -0.15) is 0 Å². The van der Waals surface area contributed by atoms with Gasteiger partial charge in [-0.1, -0.05) is 104 Å². The Kier molecular flexibility index (Phi) is 64.0. The van der Waals surface area contributed by atoms with Gasteiger partial charge in [-0.25, -0.2) is 0 Å². The lowest BCUT2D eigenvalue weighted by molar-refractivity contribution is -0.124.